The minimum atomic E-state index is 0.263. The molecule has 0 atom stereocenters. The number of nitrogens with one attached hydrogen (secondary N) is 2. The standard InChI is InChI=1S/C16H15N3O2S/c1-11-2-5-13(6-3-11)18-16(22)19-17-9-12-4-7-14-15(8-12)21-10-20-14/h2-9H,10H2,1H3,(H2,18,19,22). The molecule has 22 heavy (non-hydrogen) atoms. The van der Waals surface area contributed by atoms with Crippen LogP contribution in [0, 0.1) is 6.92 Å². The van der Waals surface area contributed by atoms with Crippen molar-refractivity contribution >= 4 is 29.2 Å². The van der Waals surface area contributed by atoms with E-state index in [0.29, 0.717) is 5.11 Å². The van der Waals surface area contributed by atoms with Crippen LogP contribution in [0.2, 0.25) is 0 Å². The highest BCUT2D eigenvalue weighted by Crippen LogP contribution is 2.31. The number of anilines is 1. The smallest absolute Gasteiger partial charge is 0.231 e. The SMILES string of the molecule is Cc1ccc(NC(=S)NN=Cc2ccc3c(c2)OCO3)cc1. The summed E-state index contributed by atoms with van der Waals surface area (Å²) in [5, 5.41) is 7.60. The summed E-state index contributed by atoms with van der Waals surface area (Å²) in [6.07, 6.45) is 1.67. The summed E-state index contributed by atoms with van der Waals surface area (Å²) in [7, 11) is 0. The van der Waals surface area contributed by atoms with Crippen LogP contribution < -0.4 is 20.2 Å². The van der Waals surface area contributed by atoms with Crippen LogP contribution in [0.3, 0.4) is 0 Å². The summed E-state index contributed by atoms with van der Waals surface area (Å²) in [6.45, 7) is 2.30. The van der Waals surface area contributed by atoms with Crippen LogP contribution in [0.15, 0.2) is 47.6 Å². The van der Waals surface area contributed by atoms with E-state index in [1.165, 1.54) is 5.56 Å². The second kappa shape index (κ2) is 6.44. The van der Waals surface area contributed by atoms with Crippen LogP contribution in [-0.4, -0.2) is 18.1 Å². The van der Waals surface area contributed by atoms with Gasteiger partial charge in [0.1, 0.15) is 0 Å². The molecule has 6 heteroatoms. The van der Waals surface area contributed by atoms with Gasteiger partial charge < -0.3 is 14.8 Å². The number of nitrogens with zero attached hydrogens (tertiary/aromatic N) is 1. The summed E-state index contributed by atoms with van der Waals surface area (Å²) in [6, 6.07) is 13.6. The maximum Gasteiger partial charge on any atom is 0.231 e. The van der Waals surface area contributed by atoms with E-state index in [1.807, 2.05) is 49.4 Å². The van der Waals surface area contributed by atoms with Crippen molar-refractivity contribution in [3.05, 3.63) is 53.6 Å². The zero-order valence-corrected chi connectivity index (χ0v) is 12.8. The molecule has 0 radical (unpaired) electrons. The molecule has 0 spiro atoms. The molecule has 0 unspecified atom stereocenters. The first-order valence-electron chi connectivity index (χ1n) is 6.77. The molecule has 2 N–H and O–H groups in total. The molecule has 2 aromatic rings. The number of hydrazone groups is 1. The fourth-order valence-corrected chi connectivity index (χ4v) is 2.13. The van der Waals surface area contributed by atoms with Crippen molar-refractivity contribution in [1.29, 1.82) is 0 Å². The first-order valence-corrected chi connectivity index (χ1v) is 7.18. The van der Waals surface area contributed by atoms with E-state index < -0.39 is 0 Å². The van der Waals surface area contributed by atoms with Gasteiger partial charge in [0.25, 0.3) is 0 Å². The summed E-state index contributed by atoms with van der Waals surface area (Å²) in [4.78, 5) is 0. The van der Waals surface area contributed by atoms with Crippen molar-refractivity contribution in [2.24, 2.45) is 5.10 Å². The van der Waals surface area contributed by atoms with Crippen molar-refractivity contribution in [1.82, 2.24) is 5.43 Å². The van der Waals surface area contributed by atoms with E-state index in [9.17, 15) is 0 Å². The molecule has 0 bridgehead atoms. The zero-order valence-electron chi connectivity index (χ0n) is 12.0. The Morgan fingerprint density at radius 1 is 1.14 bits per heavy atom. The van der Waals surface area contributed by atoms with E-state index in [4.69, 9.17) is 21.7 Å². The van der Waals surface area contributed by atoms with Gasteiger partial charge in [0.15, 0.2) is 16.6 Å². The molecule has 0 aromatic heterocycles. The number of aryl methyl sites for hydroxylation is 1. The summed E-state index contributed by atoms with van der Waals surface area (Å²) in [5.41, 5.74) is 5.79. The van der Waals surface area contributed by atoms with Gasteiger partial charge in [-0.3, -0.25) is 5.43 Å². The number of benzene rings is 2. The molecule has 112 valence electrons. The molecule has 0 amide bonds. The van der Waals surface area contributed by atoms with E-state index in [0.717, 1.165) is 22.7 Å². The van der Waals surface area contributed by atoms with Crippen molar-refractivity contribution in [3.63, 3.8) is 0 Å². The molecule has 1 aliphatic rings. The lowest BCUT2D eigenvalue weighted by atomic mass is 10.2. The van der Waals surface area contributed by atoms with Crippen LogP contribution in [-0.2, 0) is 0 Å². The third kappa shape index (κ3) is 3.53. The summed E-state index contributed by atoms with van der Waals surface area (Å²) < 4.78 is 10.6. The van der Waals surface area contributed by atoms with Crippen LogP contribution in [0.5, 0.6) is 11.5 Å². The molecule has 2 aromatic carbocycles. The maximum atomic E-state index is 5.31. The molecule has 0 saturated heterocycles. The molecule has 5 nitrogen and oxygen atoms in total. The lowest BCUT2D eigenvalue weighted by Gasteiger charge is -2.07. The predicted octanol–water partition coefficient (Wildman–Crippen LogP) is 3.04. The van der Waals surface area contributed by atoms with Crippen molar-refractivity contribution < 1.29 is 9.47 Å². The highest BCUT2D eigenvalue weighted by molar-refractivity contribution is 7.80. The molecule has 0 fully saturated rings. The van der Waals surface area contributed by atoms with Gasteiger partial charge in [-0.2, -0.15) is 5.10 Å². The lowest BCUT2D eigenvalue weighted by Crippen LogP contribution is -2.23. The van der Waals surface area contributed by atoms with E-state index in [2.05, 4.69) is 15.8 Å². The second-order valence-corrected chi connectivity index (χ2v) is 5.21. The minimum Gasteiger partial charge on any atom is -0.454 e. The number of ether oxygens (including phenoxy) is 2. The Bertz CT molecular complexity index is 714. The Hall–Kier alpha value is -2.60. The average molecular weight is 313 g/mol. The lowest BCUT2D eigenvalue weighted by molar-refractivity contribution is 0.174. The van der Waals surface area contributed by atoms with Gasteiger partial charge in [0.2, 0.25) is 6.79 Å². The monoisotopic (exact) mass is 313 g/mol. The second-order valence-electron chi connectivity index (χ2n) is 4.80. The predicted molar refractivity (Wildman–Crippen MR) is 90.7 cm³/mol. The van der Waals surface area contributed by atoms with Crippen LogP contribution >= 0.6 is 12.2 Å². The van der Waals surface area contributed by atoms with E-state index in [-0.39, 0.29) is 6.79 Å². The van der Waals surface area contributed by atoms with Crippen LogP contribution in [0.4, 0.5) is 5.69 Å². The van der Waals surface area contributed by atoms with Crippen molar-refractivity contribution in [2.75, 3.05) is 12.1 Å². The van der Waals surface area contributed by atoms with Crippen molar-refractivity contribution in [3.8, 4) is 11.5 Å². The third-order valence-corrected chi connectivity index (χ3v) is 3.28. The van der Waals surface area contributed by atoms with E-state index >= 15 is 0 Å². The summed E-state index contributed by atoms with van der Waals surface area (Å²) >= 11 is 5.18. The zero-order chi connectivity index (χ0) is 15.4. The number of rotatable bonds is 3. The molecule has 1 heterocycles. The largest absolute Gasteiger partial charge is 0.454 e. The minimum absolute atomic E-state index is 0.263. The summed E-state index contributed by atoms with van der Waals surface area (Å²) in [5.74, 6) is 1.48. The highest BCUT2D eigenvalue weighted by Gasteiger charge is 2.12. The number of thiocarbonyl (C=S) groups is 1. The Morgan fingerprint density at radius 3 is 2.73 bits per heavy atom. The first-order chi connectivity index (χ1) is 10.7. The molecule has 1 aliphatic heterocycles. The van der Waals surface area contributed by atoms with Crippen molar-refractivity contribution in [2.45, 2.75) is 6.92 Å². The highest BCUT2D eigenvalue weighted by atomic mass is 32.1. The topological polar surface area (TPSA) is 54.9 Å². The van der Waals surface area contributed by atoms with Gasteiger partial charge in [0, 0.05) is 5.69 Å². The van der Waals surface area contributed by atoms with Crippen LogP contribution in [0.25, 0.3) is 0 Å². The fourth-order valence-electron chi connectivity index (χ4n) is 1.95. The average Bonchev–Trinajstić information content (AvgIpc) is 2.97. The Labute approximate surface area is 133 Å². The normalized spacial score (nSPS) is 12.4. The fraction of sp³-hybridized carbons (Fsp3) is 0.125. The maximum absolute atomic E-state index is 5.31. The van der Waals surface area contributed by atoms with Gasteiger partial charge in [-0.05, 0) is 55.0 Å². The molecule has 3 rings (SSSR count). The third-order valence-electron chi connectivity index (χ3n) is 3.09. The Morgan fingerprint density at radius 2 is 1.91 bits per heavy atom. The first kappa shape index (κ1) is 14.3. The molecule has 0 aliphatic carbocycles. The quantitative estimate of drug-likeness (QED) is 0.518. The van der Waals surface area contributed by atoms with Gasteiger partial charge in [-0.15, -0.1) is 0 Å². The number of hydrogen-bond donors (Lipinski definition) is 2. The van der Waals surface area contributed by atoms with Gasteiger partial charge >= 0.3 is 0 Å². The number of fused-ring (bicyclic) bond motifs is 1. The van der Waals surface area contributed by atoms with E-state index in [1.54, 1.807) is 6.21 Å². The Balaban J connectivity index is 1.55. The molecule has 0 saturated carbocycles. The van der Waals surface area contributed by atoms with Gasteiger partial charge in [-0.1, -0.05) is 17.7 Å². The molecular formula is C16H15N3O2S. The van der Waals surface area contributed by atoms with Gasteiger partial charge in [-0.25, -0.2) is 0 Å². The van der Waals surface area contributed by atoms with Crippen LogP contribution in [0.1, 0.15) is 11.1 Å². The van der Waals surface area contributed by atoms with Gasteiger partial charge in [0.05, 0.1) is 6.21 Å². The number of hydrogen-bond acceptors (Lipinski definition) is 4. The molecular weight excluding hydrogens is 298 g/mol. The Kier molecular flexibility index (Phi) is 4.20.